The first-order chi connectivity index (χ1) is 13.3. The molecule has 1 atom stereocenters. The number of anilines is 1. The summed E-state index contributed by atoms with van der Waals surface area (Å²) in [4.78, 5) is 19.1. The topological polar surface area (TPSA) is 72.3 Å². The fraction of sp³-hybridized carbons (Fsp3) is 0.550. The van der Waals surface area contributed by atoms with Crippen LogP contribution in [0.25, 0.3) is 0 Å². The molecule has 0 bridgehead atoms. The van der Waals surface area contributed by atoms with Crippen LogP contribution in [0.2, 0.25) is 0 Å². The number of hydrogen-bond donors (Lipinski definition) is 1. The maximum absolute atomic E-state index is 12.7. The Bertz CT molecular complexity index is 717. The Labute approximate surface area is 159 Å². The predicted octanol–water partition coefficient (Wildman–Crippen LogP) is 2.28. The van der Waals surface area contributed by atoms with Gasteiger partial charge in [-0.3, -0.25) is 9.48 Å². The van der Waals surface area contributed by atoms with Gasteiger partial charge in [0.2, 0.25) is 0 Å². The first-order valence-electron chi connectivity index (χ1n) is 9.82. The molecule has 4 rings (SSSR count). The Kier molecular flexibility index (Phi) is 5.67. The summed E-state index contributed by atoms with van der Waals surface area (Å²) >= 11 is 0. The summed E-state index contributed by atoms with van der Waals surface area (Å²) in [6.45, 7) is 5.07. The molecule has 0 aromatic carbocycles. The average molecular weight is 369 g/mol. The maximum Gasteiger partial charge on any atom is 0.255 e. The average Bonchev–Trinajstić information content (AvgIpc) is 3.41. The van der Waals surface area contributed by atoms with E-state index in [2.05, 4.69) is 15.4 Å². The van der Waals surface area contributed by atoms with Crippen molar-refractivity contribution in [1.29, 1.82) is 0 Å². The quantitative estimate of drug-likeness (QED) is 0.846. The van der Waals surface area contributed by atoms with Crippen molar-refractivity contribution >= 4 is 11.7 Å². The first kappa shape index (κ1) is 18.0. The van der Waals surface area contributed by atoms with Crippen molar-refractivity contribution in [1.82, 2.24) is 19.7 Å². The molecule has 2 aromatic heterocycles. The lowest BCUT2D eigenvalue weighted by atomic mass is 9.96. The molecule has 27 heavy (non-hydrogen) atoms. The molecule has 0 aliphatic carbocycles. The van der Waals surface area contributed by atoms with Crippen LogP contribution in [0.15, 0.2) is 36.8 Å². The number of ether oxygens (including phenoxy) is 1. The Morgan fingerprint density at radius 2 is 2.11 bits per heavy atom. The van der Waals surface area contributed by atoms with Gasteiger partial charge in [0.15, 0.2) is 0 Å². The van der Waals surface area contributed by atoms with Gasteiger partial charge in [-0.25, -0.2) is 4.98 Å². The van der Waals surface area contributed by atoms with Crippen LogP contribution in [0, 0.1) is 11.8 Å². The number of carbonyl (C=O) groups is 1. The van der Waals surface area contributed by atoms with Gasteiger partial charge in [-0.2, -0.15) is 5.10 Å². The molecular weight excluding hydrogens is 342 g/mol. The minimum absolute atomic E-state index is 0.0794. The number of likely N-dealkylation sites (tertiary alicyclic amines) is 1. The summed E-state index contributed by atoms with van der Waals surface area (Å²) in [6.07, 6.45) is 8.63. The van der Waals surface area contributed by atoms with Gasteiger partial charge in [0, 0.05) is 57.3 Å². The number of hydrogen-bond acceptors (Lipinski definition) is 5. The van der Waals surface area contributed by atoms with Crippen LogP contribution < -0.4 is 5.32 Å². The normalized spacial score (nSPS) is 20.7. The van der Waals surface area contributed by atoms with Crippen molar-refractivity contribution in [3.8, 4) is 0 Å². The van der Waals surface area contributed by atoms with Gasteiger partial charge in [0.1, 0.15) is 5.82 Å². The lowest BCUT2D eigenvalue weighted by Gasteiger charge is -2.32. The van der Waals surface area contributed by atoms with Crippen LogP contribution in [-0.4, -0.2) is 58.4 Å². The van der Waals surface area contributed by atoms with E-state index in [4.69, 9.17) is 4.74 Å². The highest BCUT2D eigenvalue weighted by Crippen LogP contribution is 2.21. The van der Waals surface area contributed by atoms with E-state index < -0.39 is 0 Å². The van der Waals surface area contributed by atoms with Crippen LogP contribution >= 0.6 is 0 Å². The number of carbonyl (C=O) groups excluding carboxylic acids is 1. The SMILES string of the molecule is O=C(c1ccc(NCC2CCOC2)nc1)N1CCC(Cn2cccn2)CC1. The van der Waals surface area contributed by atoms with Crippen LogP contribution in [0.1, 0.15) is 29.6 Å². The molecule has 7 heteroatoms. The van der Waals surface area contributed by atoms with E-state index in [1.165, 1.54) is 0 Å². The predicted molar refractivity (Wildman–Crippen MR) is 103 cm³/mol. The number of rotatable bonds is 6. The summed E-state index contributed by atoms with van der Waals surface area (Å²) < 4.78 is 7.37. The summed E-state index contributed by atoms with van der Waals surface area (Å²) in [7, 11) is 0. The van der Waals surface area contributed by atoms with Crippen molar-refractivity contribution in [2.75, 3.05) is 38.2 Å². The van der Waals surface area contributed by atoms with E-state index in [0.29, 0.717) is 17.4 Å². The second-order valence-corrected chi connectivity index (χ2v) is 7.51. The third-order valence-electron chi connectivity index (χ3n) is 5.51. The Hall–Kier alpha value is -2.41. The summed E-state index contributed by atoms with van der Waals surface area (Å²) in [6, 6.07) is 5.72. The van der Waals surface area contributed by atoms with Gasteiger partial charge in [0.05, 0.1) is 12.2 Å². The van der Waals surface area contributed by atoms with Crippen molar-refractivity contribution in [3.63, 3.8) is 0 Å². The molecule has 0 saturated carbocycles. The molecule has 2 aromatic rings. The van der Waals surface area contributed by atoms with Crippen molar-refractivity contribution < 1.29 is 9.53 Å². The fourth-order valence-corrected chi connectivity index (χ4v) is 3.79. The Morgan fingerprint density at radius 3 is 2.78 bits per heavy atom. The van der Waals surface area contributed by atoms with E-state index in [-0.39, 0.29) is 5.91 Å². The molecule has 0 spiro atoms. The maximum atomic E-state index is 12.7. The van der Waals surface area contributed by atoms with Gasteiger partial charge in [0.25, 0.3) is 5.91 Å². The molecule has 1 unspecified atom stereocenters. The zero-order chi connectivity index (χ0) is 18.5. The van der Waals surface area contributed by atoms with Gasteiger partial charge in [-0.15, -0.1) is 0 Å². The molecule has 0 radical (unpaired) electrons. The van der Waals surface area contributed by atoms with Gasteiger partial charge in [-0.05, 0) is 43.4 Å². The highest BCUT2D eigenvalue weighted by atomic mass is 16.5. The second-order valence-electron chi connectivity index (χ2n) is 7.51. The number of piperidine rings is 1. The van der Waals surface area contributed by atoms with Crippen LogP contribution in [-0.2, 0) is 11.3 Å². The lowest BCUT2D eigenvalue weighted by Crippen LogP contribution is -2.39. The van der Waals surface area contributed by atoms with Crippen LogP contribution in [0.5, 0.6) is 0 Å². The van der Waals surface area contributed by atoms with E-state index in [1.54, 1.807) is 6.20 Å². The summed E-state index contributed by atoms with van der Waals surface area (Å²) in [5, 5.41) is 7.61. The molecule has 144 valence electrons. The standard InChI is InChI=1S/C20H27N5O2/c26-20(24-9-4-16(5-10-24)14-25-8-1-7-23-25)18-2-3-19(22-13-18)21-12-17-6-11-27-15-17/h1-3,7-8,13,16-17H,4-6,9-12,14-15H2,(H,21,22). The largest absolute Gasteiger partial charge is 0.381 e. The van der Waals surface area contributed by atoms with Crippen molar-refractivity contribution in [2.45, 2.75) is 25.8 Å². The molecule has 1 amide bonds. The van der Waals surface area contributed by atoms with E-state index in [0.717, 1.165) is 64.5 Å². The minimum Gasteiger partial charge on any atom is -0.381 e. The summed E-state index contributed by atoms with van der Waals surface area (Å²) in [5.74, 6) is 2.03. The van der Waals surface area contributed by atoms with Gasteiger partial charge < -0.3 is 15.0 Å². The summed E-state index contributed by atoms with van der Waals surface area (Å²) in [5.41, 5.74) is 0.662. The van der Waals surface area contributed by atoms with Gasteiger partial charge >= 0.3 is 0 Å². The minimum atomic E-state index is 0.0794. The molecule has 2 saturated heterocycles. The Morgan fingerprint density at radius 1 is 1.22 bits per heavy atom. The smallest absolute Gasteiger partial charge is 0.255 e. The highest BCUT2D eigenvalue weighted by molar-refractivity contribution is 5.94. The molecule has 2 aliphatic rings. The zero-order valence-electron chi connectivity index (χ0n) is 15.6. The highest BCUT2D eigenvalue weighted by Gasteiger charge is 2.24. The molecule has 1 N–H and O–H groups in total. The van der Waals surface area contributed by atoms with E-state index in [9.17, 15) is 4.79 Å². The molecule has 2 fully saturated rings. The number of nitrogens with zero attached hydrogens (tertiary/aromatic N) is 4. The number of amides is 1. The number of aromatic nitrogens is 3. The molecule has 7 nitrogen and oxygen atoms in total. The number of nitrogens with one attached hydrogen (secondary N) is 1. The third kappa shape index (κ3) is 4.66. The number of pyridine rings is 1. The van der Waals surface area contributed by atoms with Crippen molar-refractivity contribution in [2.24, 2.45) is 11.8 Å². The Balaban J connectivity index is 1.25. The van der Waals surface area contributed by atoms with Gasteiger partial charge in [-0.1, -0.05) is 0 Å². The van der Waals surface area contributed by atoms with Crippen LogP contribution in [0.4, 0.5) is 5.82 Å². The lowest BCUT2D eigenvalue weighted by molar-refractivity contribution is 0.0681. The van der Waals surface area contributed by atoms with E-state index in [1.807, 2.05) is 40.2 Å². The van der Waals surface area contributed by atoms with E-state index >= 15 is 0 Å². The van der Waals surface area contributed by atoms with Crippen LogP contribution in [0.3, 0.4) is 0 Å². The fourth-order valence-electron chi connectivity index (χ4n) is 3.79. The van der Waals surface area contributed by atoms with Crippen molar-refractivity contribution in [3.05, 3.63) is 42.4 Å². The molecule has 2 aliphatic heterocycles. The third-order valence-corrected chi connectivity index (χ3v) is 5.51. The first-order valence-corrected chi connectivity index (χ1v) is 9.82. The molecule has 4 heterocycles. The monoisotopic (exact) mass is 369 g/mol. The second kappa shape index (κ2) is 8.52. The molecular formula is C20H27N5O2. The zero-order valence-corrected chi connectivity index (χ0v) is 15.6.